The van der Waals surface area contributed by atoms with Crippen LogP contribution in [0.5, 0.6) is 0 Å². The summed E-state index contributed by atoms with van der Waals surface area (Å²) in [6, 6.07) is 0.337. The second kappa shape index (κ2) is 5.42. The number of rotatable bonds is 2. The SMILES string of the molecule is CC(C)=C[C@@H]1[C@H](C(=O)N2CCO[C@@H]3CCCC[C@H]32)C1(C)C. The van der Waals surface area contributed by atoms with Crippen LogP contribution in [0.2, 0.25) is 0 Å². The number of amides is 1. The predicted octanol–water partition coefficient (Wildman–Crippen LogP) is 3.39. The van der Waals surface area contributed by atoms with Gasteiger partial charge in [0.05, 0.1) is 24.7 Å². The molecule has 0 bridgehead atoms. The summed E-state index contributed by atoms with van der Waals surface area (Å²) in [4.78, 5) is 15.2. The standard InChI is InChI=1S/C18H29NO2/c1-12(2)11-13-16(18(13,3)4)17(20)19-9-10-21-15-8-6-5-7-14(15)19/h11,13-16H,5-10H2,1-4H3/t13-,14-,15-,16-/m1/s1. The Balaban J connectivity index is 1.74. The fourth-order valence-electron chi connectivity index (χ4n) is 4.37. The van der Waals surface area contributed by atoms with Crippen molar-refractivity contribution in [3.8, 4) is 0 Å². The van der Waals surface area contributed by atoms with E-state index in [4.69, 9.17) is 4.74 Å². The van der Waals surface area contributed by atoms with Gasteiger partial charge in [-0.25, -0.2) is 0 Å². The van der Waals surface area contributed by atoms with E-state index >= 15 is 0 Å². The minimum Gasteiger partial charge on any atom is -0.374 e. The third kappa shape index (κ3) is 2.65. The van der Waals surface area contributed by atoms with Crippen molar-refractivity contribution < 1.29 is 9.53 Å². The maximum Gasteiger partial charge on any atom is 0.227 e. The molecule has 1 saturated heterocycles. The molecule has 0 spiro atoms. The van der Waals surface area contributed by atoms with E-state index in [9.17, 15) is 4.79 Å². The van der Waals surface area contributed by atoms with Gasteiger partial charge in [-0.3, -0.25) is 4.79 Å². The molecule has 2 saturated carbocycles. The second-order valence-corrected chi connectivity index (χ2v) is 7.86. The van der Waals surface area contributed by atoms with Gasteiger partial charge in [-0.05, 0) is 38.0 Å². The van der Waals surface area contributed by atoms with Crippen LogP contribution in [-0.2, 0) is 9.53 Å². The molecular formula is C18H29NO2. The van der Waals surface area contributed by atoms with Crippen LogP contribution >= 0.6 is 0 Å². The van der Waals surface area contributed by atoms with Crippen LogP contribution in [0.4, 0.5) is 0 Å². The Morgan fingerprint density at radius 2 is 1.95 bits per heavy atom. The van der Waals surface area contributed by atoms with Gasteiger partial charge in [0.25, 0.3) is 0 Å². The Morgan fingerprint density at radius 3 is 2.67 bits per heavy atom. The Hall–Kier alpha value is -0.830. The van der Waals surface area contributed by atoms with Gasteiger partial charge in [-0.1, -0.05) is 38.3 Å². The lowest BCUT2D eigenvalue weighted by Gasteiger charge is -2.44. The molecule has 0 N–H and O–H groups in total. The highest BCUT2D eigenvalue weighted by Crippen LogP contribution is 2.60. The molecule has 0 aromatic carbocycles. The Bertz CT molecular complexity index is 448. The van der Waals surface area contributed by atoms with E-state index in [0.29, 0.717) is 30.6 Å². The topological polar surface area (TPSA) is 29.5 Å². The number of carbonyl (C=O) groups is 1. The average Bonchev–Trinajstić information content (AvgIpc) is 2.97. The summed E-state index contributed by atoms with van der Waals surface area (Å²) in [5.74, 6) is 0.968. The highest BCUT2D eigenvalue weighted by Gasteiger charge is 2.62. The largest absolute Gasteiger partial charge is 0.374 e. The van der Waals surface area contributed by atoms with Crippen LogP contribution in [0.1, 0.15) is 53.4 Å². The highest BCUT2D eigenvalue weighted by molar-refractivity contribution is 5.84. The number of carbonyl (C=O) groups excluding carboxylic acids is 1. The fraction of sp³-hybridized carbons (Fsp3) is 0.833. The van der Waals surface area contributed by atoms with Crippen molar-refractivity contribution in [1.29, 1.82) is 0 Å². The third-order valence-electron chi connectivity index (χ3n) is 5.70. The molecule has 3 aliphatic rings. The lowest BCUT2D eigenvalue weighted by molar-refractivity contribution is -0.151. The van der Waals surface area contributed by atoms with Crippen molar-refractivity contribution >= 4 is 5.91 Å². The zero-order chi connectivity index (χ0) is 15.2. The zero-order valence-corrected chi connectivity index (χ0v) is 13.9. The van der Waals surface area contributed by atoms with E-state index < -0.39 is 0 Å². The molecule has 2 aliphatic carbocycles. The molecule has 21 heavy (non-hydrogen) atoms. The number of ether oxygens (including phenoxy) is 1. The summed E-state index contributed by atoms with van der Waals surface area (Å²) in [6.07, 6.45) is 7.32. The smallest absolute Gasteiger partial charge is 0.227 e. The number of nitrogens with zero attached hydrogens (tertiary/aromatic N) is 1. The van der Waals surface area contributed by atoms with E-state index in [-0.39, 0.29) is 11.3 Å². The molecule has 1 heterocycles. The minimum absolute atomic E-state index is 0.122. The van der Waals surface area contributed by atoms with Crippen molar-refractivity contribution in [2.45, 2.75) is 65.5 Å². The van der Waals surface area contributed by atoms with Crippen LogP contribution < -0.4 is 0 Å². The van der Waals surface area contributed by atoms with Gasteiger partial charge in [-0.2, -0.15) is 0 Å². The van der Waals surface area contributed by atoms with Gasteiger partial charge in [0, 0.05) is 6.54 Å². The van der Waals surface area contributed by atoms with Crippen LogP contribution in [0.15, 0.2) is 11.6 Å². The van der Waals surface area contributed by atoms with Crippen molar-refractivity contribution in [1.82, 2.24) is 4.90 Å². The molecule has 0 radical (unpaired) electrons. The number of hydrogen-bond donors (Lipinski definition) is 0. The predicted molar refractivity (Wildman–Crippen MR) is 83.9 cm³/mol. The summed E-state index contributed by atoms with van der Waals surface area (Å²) in [6.45, 7) is 10.2. The first-order valence-electron chi connectivity index (χ1n) is 8.50. The first kappa shape index (κ1) is 15.1. The van der Waals surface area contributed by atoms with Crippen molar-refractivity contribution in [3.05, 3.63) is 11.6 Å². The normalized spacial score (nSPS) is 37.6. The molecular weight excluding hydrogens is 262 g/mol. The summed E-state index contributed by atoms with van der Waals surface area (Å²) < 4.78 is 5.90. The van der Waals surface area contributed by atoms with Crippen molar-refractivity contribution in [2.24, 2.45) is 17.3 Å². The Kier molecular flexibility index (Phi) is 3.89. The molecule has 3 heteroatoms. The van der Waals surface area contributed by atoms with E-state index in [1.165, 1.54) is 18.4 Å². The van der Waals surface area contributed by atoms with E-state index in [2.05, 4.69) is 38.7 Å². The van der Waals surface area contributed by atoms with Gasteiger partial charge in [0.2, 0.25) is 5.91 Å². The van der Waals surface area contributed by atoms with Gasteiger partial charge in [0.15, 0.2) is 0 Å². The maximum absolute atomic E-state index is 13.1. The molecule has 0 unspecified atom stereocenters. The molecule has 0 aromatic heterocycles. The first-order chi connectivity index (χ1) is 9.93. The van der Waals surface area contributed by atoms with Gasteiger partial charge in [0.1, 0.15) is 0 Å². The zero-order valence-electron chi connectivity index (χ0n) is 13.9. The second-order valence-electron chi connectivity index (χ2n) is 7.86. The number of hydrogen-bond acceptors (Lipinski definition) is 2. The van der Waals surface area contributed by atoms with E-state index in [1.54, 1.807) is 0 Å². The van der Waals surface area contributed by atoms with Crippen molar-refractivity contribution in [2.75, 3.05) is 13.2 Å². The van der Waals surface area contributed by atoms with Gasteiger partial charge in [-0.15, -0.1) is 0 Å². The summed E-state index contributed by atoms with van der Waals surface area (Å²) in [5, 5.41) is 0. The van der Waals surface area contributed by atoms with Crippen molar-refractivity contribution in [3.63, 3.8) is 0 Å². The number of morpholine rings is 1. The van der Waals surface area contributed by atoms with Gasteiger partial charge < -0.3 is 9.64 Å². The molecule has 1 amide bonds. The van der Waals surface area contributed by atoms with E-state index in [1.807, 2.05) is 0 Å². The molecule has 3 rings (SSSR count). The summed E-state index contributed by atoms with van der Waals surface area (Å²) >= 11 is 0. The van der Waals surface area contributed by atoms with Crippen LogP contribution in [0.3, 0.4) is 0 Å². The fourth-order valence-corrected chi connectivity index (χ4v) is 4.37. The summed E-state index contributed by atoms with van der Waals surface area (Å²) in [7, 11) is 0. The van der Waals surface area contributed by atoms with Crippen LogP contribution in [0, 0.1) is 17.3 Å². The van der Waals surface area contributed by atoms with Gasteiger partial charge >= 0.3 is 0 Å². The lowest BCUT2D eigenvalue weighted by Crippen LogP contribution is -2.55. The number of allylic oxidation sites excluding steroid dienone is 2. The third-order valence-corrected chi connectivity index (χ3v) is 5.70. The maximum atomic E-state index is 13.1. The Morgan fingerprint density at radius 1 is 1.24 bits per heavy atom. The summed E-state index contributed by atoms with van der Waals surface area (Å²) in [5.41, 5.74) is 1.44. The molecule has 3 nitrogen and oxygen atoms in total. The molecule has 0 aromatic rings. The first-order valence-corrected chi connectivity index (χ1v) is 8.50. The monoisotopic (exact) mass is 291 g/mol. The number of fused-ring (bicyclic) bond motifs is 1. The highest BCUT2D eigenvalue weighted by atomic mass is 16.5. The van der Waals surface area contributed by atoms with E-state index in [0.717, 1.165) is 19.4 Å². The molecule has 4 atom stereocenters. The lowest BCUT2D eigenvalue weighted by atomic mass is 9.89. The van der Waals surface area contributed by atoms with Crippen LogP contribution in [-0.4, -0.2) is 36.1 Å². The average molecular weight is 291 g/mol. The molecule has 3 fully saturated rings. The van der Waals surface area contributed by atoms with Crippen LogP contribution in [0.25, 0.3) is 0 Å². The quantitative estimate of drug-likeness (QED) is 0.730. The molecule has 1 aliphatic heterocycles. The minimum atomic E-state index is 0.122. The Labute approximate surface area is 128 Å². The molecule has 118 valence electrons.